The molecule has 0 saturated carbocycles. The third-order valence-electron chi connectivity index (χ3n) is 3.71. The van der Waals surface area contributed by atoms with Gasteiger partial charge in [0, 0.05) is 33.3 Å². The highest BCUT2D eigenvalue weighted by Crippen LogP contribution is 2.15. The first-order valence-electron chi connectivity index (χ1n) is 8.39. The minimum atomic E-state index is 0.671. The second-order valence-electron chi connectivity index (χ2n) is 5.75. The van der Waals surface area contributed by atoms with Crippen molar-refractivity contribution in [1.29, 1.82) is 0 Å². The van der Waals surface area contributed by atoms with Gasteiger partial charge < -0.3 is 19.7 Å². The zero-order valence-corrected chi connectivity index (χ0v) is 14.1. The minimum Gasteiger partial charge on any atom is -0.379 e. The molecule has 1 N–H and O–H groups in total. The highest BCUT2D eigenvalue weighted by Gasteiger charge is 2.18. The number of unbranched alkanes of at least 4 members (excludes halogenated alkanes) is 1. The summed E-state index contributed by atoms with van der Waals surface area (Å²) in [5.74, 6) is 1.76. The van der Waals surface area contributed by atoms with E-state index >= 15 is 0 Å². The van der Waals surface area contributed by atoms with Crippen molar-refractivity contribution in [2.45, 2.75) is 39.5 Å². The predicted molar refractivity (Wildman–Crippen MR) is 87.9 cm³/mol. The number of hydrogen-bond donors (Lipinski definition) is 1. The first-order valence-corrected chi connectivity index (χ1v) is 8.39. The summed E-state index contributed by atoms with van der Waals surface area (Å²) in [7, 11) is 1.85. The van der Waals surface area contributed by atoms with Gasteiger partial charge in [0.05, 0.1) is 19.8 Å². The maximum absolute atomic E-state index is 5.56. The average Bonchev–Trinajstić information content (AvgIpc) is 2.49. The predicted octanol–water partition coefficient (Wildman–Crippen LogP) is 2.13. The third kappa shape index (κ3) is 8.27. The molecule has 0 aliphatic carbocycles. The van der Waals surface area contributed by atoms with E-state index in [1.165, 1.54) is 19.3 Å². The van der Waals surface area contributed by atoms with E-state index in [1.54, 1.807) is 0 Å². The van der Waals surface area contributed by atoms with Crippen LogP contribution in [0.15, 0.2) is 4.99 Å². The third-order valence-corrected chi connectivity index (χ3v) is 3.71. The Balaban J connectivity index is 2.02. The molecule has 0 aromatic heterocycles. The summed E-state index contributed by atoms with van der Waals surface area (Å²) < 4.78 is 11.0. The van der Waals surface area contributed by atoms with Crippen molar-refractivity contribution in [3.63, 3.8) is 0 Å². The summed E-state index contributed by atoms with van der Waals surface area (Å²) in [4.78, 5) is 6.71. The van der Waals surface area contributed by atoms with Gasteiger partial charge in [-0.15, -0.1) is 0 Å². The minimum absolute atomic E-state index is 0.671. The van der Waals surface area contributed by atoms with Crippen LogP contribution in [0.5, 0.6) is 0 Å². The highest BCUT2D eigenvalue weighted by molar-refractivity contribution is 5.79. The van der Waals surface area contributed by atoms with Crippen LogP contribution in [0, 0.1) is 5.92 Å². The van der Waals surface area contributed by atoms with Crippen molar-refractivity contribution >= 4 is 5.96 Å². The Morgan fingerprint density at radius 2 is 2.00 bits per heavy atom. The van der Waals surface area contributed by atoms with Crippen molar-refractivity contribution in [2.75, 3.05) is 53.1 Å². The number of hydrogen-bond acceptors (Lipinski definition) is 3. The molecule has 0 aromatic carbocycles. The van der Waals surface area contributed by atoms with Crippen LogP contribution in [0.2, 0.25) is 0 Å². The molecule has 0 radical (unpaired) electrons. The highest BCUT2D eigenvalue weighted by atomic mass is 16.5. The van der Waals surface area contributed by atoms with Gasteiger partial charge in [-0.1, -0.05) is 20.3 Å². The fraction of sp³-hybridized carbons (Fsp3) is 0.938. The summed E-state index contributed by atoms with van der Waals surface area (Å²) in [5, 5.41) is 3.38. The van der Waals surface area contributed by atoms with Crippen molar-refractivity contribution in [3.8, 4) is 0 Å². The number of nitrogens with zero attached hydrogens (tertiary/aromatic N) is 2. The van der Waals surface area contributed by atoms with Gasteiger partial charge in [0.25, 0.3) is 0 Å². The maximum atomic E-state index is 5.56. The molecule has 0 spiro atoms. The van der Waals surface area contributed by atoms with Crippen LogP contribution in [-0.2, 0) is 9.47 Å². The second kappa shape index (κ2) is 11.8. The van der Waals surface area contributed by atoms with E-state index in [0.717, 1.165) is 44.5 Å². The summed E-state index contributed by atoms with van der Waals surface area (Å²) in [6, 6.07) is 0. The van der Waals surface area contributed by atoms with Crippen LogP contribution < -0.4 is 5.32 Å². The van der Waals surface area contributed by atoms with Crippen LogP contribution in [0.25, 0.3) is 0 Å². The Morgan fingerprint density at radius 1 is 1.24 bits per heavy atom. The molecule has 1 heterocycles. The van der Waals surface area contributed by atoms with Crippen LogP contribution in [0.1, 0.15) is 39.5 Å². The molecule has 0 aromatic rings. The summed E-state index contributed by atoms with van der Waals surface area (Å²) in [6.07, 6.45) is 4.90. The molecule has 1 saturated heterocycles. The molecule has 1 aliphatic rings. The van der Waals surface area contributed by atoms with Crippen LogP contribution >= 0.6 is 0 Å². The maximum Gasteiger partial charge on any atom is 0.193 e. The van der Waals surface area contributed by atoms with Gasteiger partial charge in [-0.3, -0.25) is 4.99 Å². The van der Waals surface area contributed by atoms with Crippen molar-refractivity contribution in [1.82, 2.24) is 10.2 Å². The topological polar surface area (TPSA) is 46.1 Å². The van der Waals surface area contributed by atoms with E-state index in [2.05, 4.69) is 29.1 Å². The lowest BCUT2D eigenvalue weighted by Gasteiger charge is -2.33. The van der Waals surface area contributed by atoms with Crippen molar-refractivity contribution in [2.24, 2.45) is 10.9 Å². The van der Waals surface area contributed by atoms with E-state index in [1.807, 2.05) is 7.05 Å². The first kappa shape index (κ1) is 18.2. The zero-order valence-electron chi connectivity index (χ0n) is 14.1. The summed E-state index contributed by atoms with van der Waals surface area (Å²) >= 11 is 0. The number of ether oxygens (including phenoxy) is 2. The molecule has 1 rings (SSSR count). The van der Waals surface area contributed by atoms with Crippen LogP contribution in [0.3, 0.4) is 0 Å². The molecular formula is C16H33N3O2. The molecule has 1 unspecified atom stereocenters. The number of likely N-dealkylation sites (tertiary alicyclic amines) is 1. The number of piperidine rings is 1. The van der Waals surface area contributed by atoms with Gasteiger partial charge in [0.2, 0.25) is 0 Å². The molecule has 0 bridgehead atoms. The Morgan fingerprint density at radius 3 is 2.67 bits per heavy atom. The molecule has 5 heteroatoms. The van der Waals surface area contributed by atoms with Gasteiger partial charge in [-0.2, -0.15) is 0 Å². The number of nitrogens with one attached hydrogen (secondary N) is 1. The average molecular weight is 299 g/mol. The molecule has 1 atom stereocenters. The van der Waals surface area contributed by atoms with E-state index in [4.69, 9.17) is 9.47 Å². The molecule has 21 heavy (non-hydrogen) atoms. The summed E-state index contributed by atoms with van der Waals surface area (Å²) in [5.41, 5.74) is 0. The van der Waals surface area contributed by atoms with Crippen molar-refractivity contribution in [3.05, 3.63) is 0 Å². The van der Waals surface area contributed by atoms with Crippen LogP contribution in [-0.4, -0.2) is 64.0 Å². The lowest BCUT2D eigenvalue weighted by molar-refractivity contribution is 0.0485. The largest absolute Gasteiger partial charge is 0.379 e. The summed E-state index contributed by atoms with van der Waals surface area (Å²) in [6.45, 7) is 10.4. The lowest BCUT2D eigenvalue weighted by atomic mass is 10.0. The number of rotatable bonds is 9. The van der Waals surface area contributed by atoms with Crippen LogP contribution in [0.4, 0.5) is 0 Å². The van der Waals surface area contributed by atoms with Gasteiger partial charge in [0.15, 0.2) is 5.96 Å². The Hall–Kier alpha value is -0.810. The molecular weight excluding hydrogens is 266 g/mol. The Bertz CT molecular complexity index is 285. The first-order chi connectivity index (χ1) is 10.3. The monoisotopic (exact) mass is 299 g/mol. The SMILES string of the molecule is CCCCOCCOCCNC(=NC)N1CCCC(C)C1. The molecule has 5 nitrogen and oxygen atoms in total. The Kier molecular flexibility index (Phi) is 10.3. The smallest absolute Gasteiger partial charge is 0.193 e. The number of aliphatic imine (C=N–C) groups is 1. The Labute approximate surface area is 130 Å². The molecule has 0 amide bonds. The second-order valence-corrected chi connectivity index (χ2v) is 5.75. The lowest BCUT2D eigenvalue weighted by Crippen LogP contribution is -2.47. The fourth-order valence-corrected chi connectivity index (χ4v) is 2.52. The van der Waals surface area contributed by atoms with E-state index < -0.39 is 0 Å². The molecule has 1 aliphatic heterocycles. The van der Waals surface area contributed by atoms with Gasteiger partial charge >= 0.3 is 0 Å². The van der Waals surface area contributed by atoms with Gasteiger partial charge in [-0.05, 0) is 25.2 Å². The zero-order chi connectivity index (χ0) is 15.3. The molecule has 124 valence electrons. The van der Waals surface area contributed by atoms with E-state index in [-0.39, 0.29) is 0 Å². The van der Waals surface area contributed by atoms with E-state index in [9.17, 15) is 0 Å². The quantitative estimate of drug-likeness (QED) is 0.402. The normalized spacial score (nSPS) is 19.9. The number of guanidine groups is 1. The standard InChI is InChI=1S/C16H33N3O2/c1-4-5-10-20-12-13-21-11-8-18-16(17-3)19-9-6-7-15(2)14-19/h15H,4-14H2,1-3H3,(H,17,18). The fourth-order valence-electron chi connectivity index (χ4n) is 2.52. The van der Waals surface area contributed by atoms with Gasteiger partial charge in [-0.25, -0.2) is 0 Å². The molecule has 1 fully saturated rings. The van der Waals surface area contributed by atoms with Crippen molar-refractivity contribution < 1.29 is 9.47 Å². The van der Waals surface area contributed by atoms with Gasteiger partial charge in [0.1, 0.15) is 0 Å². The van der Waals surface area contributed by atoms with E-state index in [0.29, 0.717) is 19.8 Å².